The second-order valence-corrected chi connectivity index (χ2v) is 27.7. The molecule has 0 N–H and O–H groups in total. The molecule has 5 aromatic rings. The Morgan fingerprint density at radius 3 is 2.16 bits per heavy atom. The van der Waals surface area contributed by atoms with Crippen LogP contribution in [0.2, 0.25) is 0 Å². The van der Waals surface area contributed by atoms with Crippen LogP contribution in [-0.2, 0) is 24.3 Å². The van der Waals surface area contributed by atoms with Gasteiger partial charge in [-0.25, -0.2) is 0 Å². The Kier molecular flexibility index (Phi) is 8.25. The Bertz CT molecular complexity index is 1860. The van der Waals surface area contributed by atoms with E-state index in [1.54, 1.807) is 0 Å². The first-order valence-electron chi connectivity index (χ1n) is 15.6. The molecular formula is C39H36Cl2SiZr. The van der Waals surface area contributed by atoms with Crippen molar-refractivity contribution in [1.29, 1.82) is 0 Å². The third-order valence-corrected chi connectivity index (χ3v) is 23.8. The van der Waals surface area contributed by atoms with E-state index in [-0.39, 0.29) is 3.63 Å². The first kappa shape index (κ1) is 29.2. The Morgan fingerprint density at radius 1 is 0.698 bits per heavy atom. The fourth-order valence-corrected chi connectivity index (χ4v) is 24.3. The van der Waals surface area contributed by atoms with Gasteiger partial charge in [0.05, 0.1) is 0 Å². The van der Waals surface area contributed by atoms with Gasteiger partial charge in [0, 0.05) is 0 Å². The maximum absolute atomic E-state index is 7.95. The van der Waals surface area contributed by atoms with E-state index in [4.69, 9.17) is 17.0 Å². The van der Waals surface area contributed by atoms with E-state index in [1.165, 1.54) is 69.3 Å². The van der Waals surface area contributed by atoms with Gasteiger partial charge in [-0.1, -0.05) is 0 Å². The molecule has 1 aliphatic carbocycles. The van der Waals surface area contributed by atoms with Crippen LogP contribution in [0.3, 0.4) is 0 Å². The molecule has 0 spiro atoms. The van der Waals surface area contributed by atoms with Crippen molar-refractivity contribution in [1.82, 2.24) is 0 Å². The van der Waals surface area contributed by atoms with Gasteiger partial charge in [-0.05, 0) is 0 Å². The van der Waals surface area contributed by atoms with Crippen molar-refractivity contribution in [2.45, 2.75) is 43.2 Å². The van der Waals surface area contributed by atoms with Gasteiger partial charge >= 0.3 is 272 Å². The number of benzene rings is 5. The fourth-order valence-electron chi connectivity index (χ4n) is 7.39. The van der Waals surface area contributed by atoms with Crippen molar-refractivity contribution in [2.75, 3.05) is 0 Å². The van der Waals surface area contributed by atoms with Crippen LogP contribution in [0.1, 0.15) is 53.4 Å². The zero-order valence-electron chi connectivity index (χ0n) is 24.8. The number of hydrogen-bond donors (Lipinski definition) is 0. The van der Waals surface area contributed by atoms with Crippen LogP contribution in [0.5, 0.6) is 0 Å². The standard InChI is InChI=1S/C27H27.C12H9Si.2ClH.Zr/c1-3-5-11-20-18-23-17-16-21(4-2)27(26(23)19-20)25-15-10-9-14-24(25)22-12-7-6-8-13-22;1-3-7-11-9(5-1)10-6-2-4-8-12(10)13-11;;;/h6-10,12-19H,3-5,11H2,1-2H3;1-7H,13H2;2*1H;/q;;;;+2/p-2. The van der Waals surface area contributed by atoms with Crippen LogP contribution >= 0.6 is 17.0 Å². The summed E-state index contributed by atoms with van der Waals surface area (Å²) in [6.45, 7) is 4.55. The number of fused-ring (bicyclic) bond motifs is 4. The molecule has 0 saturated heterocycles. The summed E-state index contributed by atoms with van der Waals surface area (Å²) in [4.78, 5) is 0. The van der Waals surface area contributed by atoms with E-state index in [0.29, 0.717) is 0 Å². The van der Waals surface area contributed by atoms with Gasteiger partial charge in [0.25, 0.3) is 0 Å². The first-order chi connectivity index (χ1) is 21.0. The molecule has 0 nitrogen and oxygen atoms in total. The normalized spacial score (nSPS) is 15.7. The average molecular weight is 695 g/mol. The third-order valence-electron chi connectivity index (χ3n) is 9.43. The Labute approximate surface area is 270 Å². The molecule has 43 heavy (non-hydrogen) atoms. The van der Waals surface area contributed by atoms with Gasteiger partial charge < -0.3 is 0 Å². The predicted octanol–water partition coefficient (Wildman–Crippen LogP) is 9.10. The third kappa shape index (κ3) is 5.09. The van der Waals surface area contributed by atoms with Crippen LogP contribution in [0.4, 0.5) is 0 Å². The molecule has 1 atom stereocenters. The Hall–Kier alpha value is -2.48. The SMILES string of the molecule is CCCCC1=Cc2c(ccc(CC)c2-c2ccccc2-c2ccccc2)[CH]1[Zr]([Cl])([Cl])[c]1cccc2c1[SiH2]c1ccccc1-2. The summed E-state index contributed by atoms with van der Waals surface area (Å²) < 4.78 is 1.42. The Morgan fingerprint density at radius 2 is 1.40 bits per heavy atom. The van der Waals surface area contributed by atoms with Gasteiger partial charge in [0.15, 0.2) is 0 Å². The number of unbranched alkanes of at least 4 members (excludes halogenated alkanes) is 1. The zero-order chi connectivity index (χ0) is 29.6. The summed E-state index contributed by atoms with van der Waals surface area (Å²) in [5.41, 5.74) is 13.4. The minimum absolute atomic E-state index is 0.108. The summed E-state index contributed by atoms with van der Waals surface area (Å²) in [6, 6.07) is 40.1. The molecule has 5 aromatic carbocycles. The molecule has 0 fully saturated rings. The van der Waals surface area contributed by atoms with Crippen molar-refractivity contribution in [2.24, 2.45) is 0 Å². The van der Waals surface area contributed by atoms with Crippen LogP contribution in [0.25, 0.3) is 39.5 Å². The molecule has 4 heteroatoms. The molecule has 214 valence electrons. The molecule has 0 aromatic heterocycles. The van der Waals surface area contributed by atoms with E-state index in [2.05, 4.69) is 129 Å². The van der Waals surface area contributed by atoms with Crippen molar-refractivity contribution in [3.63, 3.8) is 0 Å². The molecule has 1 heterocycles. The topological polar surface area (TPSA) is 0 Å². The van der Waals surface area contributed by atoms with Crippen LogP contribution in [0.15, 0.2) is 115 Å². The number of hydrogen-bond acceptors (Lipinski definition) is 0. The second-order valence-electron chi connectivity index (χ2n) is 11.9. The molecule has 1 unspecified atom stereocenters. The quantitative estimate of drug-likeness (QED) is 0.140. The second kappa shape index (κ2) is 12.1. The van der Waals surface area contributed by atoms with Crippen molar-refractivity contribution in [3.05, 3.63) is 131 Å². The van der Waals surface area contributed by atoms with E-state index in [9.17, 15) is 0 Å². The minimum atomic E-state index is -4.02. The molecular weight excluding hydrogens is 659 g/mol. The monoisotopic (exact) mass is 692 g/mol. The summed E-state index contributed by atoms with van der Waals surface area (Å²) in [5, 5.41) is 3.01. The first-order valence-corrected chi connectivity index (χ1v) is 26.0. The maximum atomic E-state index is 7.95. The van der Waals surface area contributed by atoms with Gasteiger partial charge in [-0.2, -0.15) is 0 Å². The number of aryl methyl sites for hydroxylation is 1. The zero-order valence-corrected chi connectivity index (χ0v) is 30.2. The molecule has 2 aliphatic rings. The van der Waals surface area contributed by atoms with Crippen molar-refractivity contribution < 1.29 is 17.9 Å². The number of halogens is 2. The predicted molar refractivity (Wildman–Crippen MR) is 188 cm³/mol. The molecule has 0 bridgehead atoms. The van der Waals surface area contributed by atoms with E-state index < -0.39 is 27.4 Å². The van der Waals surface area contributed by atoms with Crippen molar-refractivity contribution >= 4 is 46.3 Å². The molecule has 0 radical (unpaired) electrons. The molecule has 0 amide bonds. The van der Waals surface area contributed by atoms with E-state index in [1.807, 2.05) is 0 Å². The fraction of sp³-hybridized carbons (Fsp3) is 0.179. The number of allylic oxidation sites excluding steroid dienone is 1. The summed E-state index contributed by atoms with van der Waals surface area (Å²) >= 11 is -4.02. The van der Waals surface area contributed by atoms with Crippen LogP contribution in [-0.4, -0.2) is 9.52 Å². The van der Waals surface area contributed by atoms with Crippen LogP contribution in [0, 0.1) is 0 Å². The summed E-state index contributed by atoms with van der Waals surface area (Å²) in [7, 11) is 15.3. The van der Waals surface area contributed by atoms with Crippen LogP contribution < -0.4 is 13.6 Å². The van der Waals surface area contributed by atoms with Gasteiger partial charge in [-0.3, -0.25) is 0 Å². The van der Waals surface area contributed by atoms with Crippen molar-refractivity contribution in [3.8, 4) is 33.4 Å². The molecule has 0 saturated carbocycles. The van der Waals surface area contributed by atoms with E-state index >= 15 is 0 Å². The van der Waals surface area contributed by atoms with Gasteiger partial charge in [0.1, 0.15) is 0 Å². The summed E-state index contributed by atoms with van der Waals surface area (Å²) in [6.07, 6.45) is 6.82. The average Bonchev–Trinajstić information content (AvgIpc) is 3.62. The molecule has 1 aliphatic heterocycles. The van der Waals surface area contributed by atoms with Gasteiger partial charge in [-0.15, -0.1) is 0 Å². The Balaban J connectivity index is 1.42. The van der Waals surface area contributed by atoms with E-state index in [0.717, 1.165) is 25.7 Å². The molecule has 7 rings (SSSR count). The number of rotatable bonds is 8. The summed E-state index contributed by atoms with van der Waals surface area (Å²) in [5.74, 6) is 0. The van der Waals surface area contributed by atoms with Gasteiger partial charge in [0.2, 0.25) is 0 Å².